The largest absolute Gasteiger partial charge is 0.418 e. The molecule has 0 fully saturated rings. The monoisotopic (exact) mass is 427 g/mol. The number of nitrogens with one attached hydrogen (secondary N) is 2. The fraction of sp³-hybridized carbons (Fsp3) is 0.222. The summed E-state index contributed by atoms with van der Waals surface area (Å²) in [6.07, 6.45) is -4.88. The van der Waals surface area contributed by atoms with Gasteiger partial charge in [-0.1, -0.05) is 12.1 Å². The van der Waals surface area contributed by atoms with Gasteiger partial charge in [0.05, 0.1) is 6.54 Å². The van der Waals surface area contributed by atoms with Gasteiger partial charge < -0.3 is 15.7 Å². The Morgan fingerprint density at radius 3 is 2.34 bits per heavy atom. The molecule has 1 amide bonds. The second-order valence-corrected chi connectivity index (χ2v) is 8.14. The Morgan fingerprint density at radius 1 is 1.10 bits per heavy atom. The Morgan fingerprint density at radius 2 is 1.72 bits per heavy atom. The second kappa shape index (κ2) is 7.16. The van der Waals surface area contributed by atoms with Crippen molar-refractivity contribution in [1.29, 1.82) is 0 Å². The van der Waals surface area contributed by atoms with E-state index in [1.807, 2.05) is 5.32 Å². The molecule has 0 aromatic heterocycles. The molecule has 7 nitrogen and oxygen atoms in total. The fourth-order valence-electron chi connectivity index (χ4n) is 2.49. The van der Waals surface area contributed by atoms with Gasteiger partial charge in [0.15, 0.2) is 11.4 Å². The average Bonchev–Trinajstić information content (AvgIpc) is 2.90. The molecular weight excluding hydrogens is 411 g/mol. The number of carbonyl (C=O) groups is 1. The van der Waals surface area contributed by atoms with Crippen molar-refractivity contribution in [1.82, 2.24) is 5.32 Å². The van der Waals surface area contributed by atoms with E-state index in [0.29, 0.717) is 18.2 Å². The molecule has 29 heavy (non-hydrogen) atoms. The number of hydrogen-bond acceptors (Lipinski definition) is 5. The standard InChI is InChI=1S/C18H16F3N3O4S/c1-17(26,18(19,20)21)10-22-16(25)11-6-8-12(9-7-11)23-15-13-4-2-3-5-14(13)29(27,28)24-15/h2-9,26H,10H2,1H3,(H,22,25)(H,23,24). The van der Waals surface area contributed by atoms with E-state index in [4.69, 9.17) is 0 Å². The number of hydrogen-bond donors (Lipinski definition) is 3. The maximum Gasteiger partial charge on any atom is 0.418 e. The summed E-state index contributed by atoms with van der Waals surface area (Å²) in [5.41, 5.74) is -2.16. The number of sulfonamides is 1. The Labute approximate surface area is 164 Å². The van der Waals surface area contributed by atoms with E-state index in [1.165, 1.54) is 30.3 Å². The van der Waals surface area contributed by atoms with Crippen molar-refractivity contribution in [2.45, 2.75) is 23.6 Å². The minimum atomic E-state index is -4.88. The molecule has 0 radical (unpaired) electrons. The highest BCUT2D eigenvalue weighted by molar-refractivity contribution is 7.90. The Bertz CT molecular complexity index is 1080. The predicted molar refractivity (Wildman–Crippen MR) is 99.2 cm³/mol. The number of amidine groups is 1. The first-order valence-corrected chi connectivity index (χ1v) is 9.73. The predicted octanol–water partition coefficient (Wildman–Crippen LogP) is 2.29. The van der Waals surface area contributed by atoms with Crippen molar-refractivity contribution in [2.24, 2.45) is 4.40 Å². The highest BCUT2D eigenvalue weighted by Crippen LogP contribution is 2.29. The summed E-state index contributed by atoms with van der Waals surface area (Å²) in [7, 11) is -3.78. The van der Waals surface area contributed by atoms with Crippen LogP contribution in [-0.4, -0.2) is 43.6 Å². The lowest BCUT2D eigenvalue weighted by Gasteiger charge is -2.26. The molecule has 0 saturated heterocycles. The minimum Gasteiger partial charge on any atom is -0.379 e. The van der Waals surface area contributed by atoms with Crippen LogP contribution in [0.25, 0.3) is 0 Å². The zero-order valence-electron chi connectivity index (χ0n) is 15.0. The molecule has 3 N–H and O–H groups in total. The second-order valence-electron chi connectivity index (χ2n) is 6.57. The van der Waals surface area contributed by atoms with Crippen LogP contribution in [0.15, 0.2) is 57.8 Å². The number of fused-ring (bicyclic) bond motifs is 1. The molecule has 3 rings (SSSR count). The molecular formula is C18H16F3N3O4S. The van der Waals surface area contributed by atoms with Crippen molar-refractivity contribution in [3.05, 3.63) is 59.7 Å². The number of nitrogens with zero attached hydrogens (tertiary/aromatic N) is 1. The molecule has 1 aliphatic heterocycles. The third-order valence-corrected chi connectivity index (χ3v) is 5.58. The number of alkyl halides is 3. The van der Waals surface area contributed by atoms with Gasteiger partial charge in [0.2, 0.25) is 0 Å². The Balaban J connectivity index is 1.69. The number of benzene rings is 2. The number of rotatable bonds is 4. The average molecular weight is 427 g/mol. The SMILES string of the molecule is CC(O)(CNC(=O)c1ccc(NC2=NS(=O)(=O)c3ccccc32)cc1)C(F)(F)F. The Kier molecular flexibility index (Phi) is 5.13. The zero-order valence-corrected chi connectivity index (χ0v) is 15.8. The lowest BCUT2D eigenvalue weighted by Crippen LogP contribution is -2.51. The van der Waals surface area contributed by atoms with Gasteiger partial charge in [0, 0.05) is 16.8 Å². The lowest BCUT2D eigenvalue weighted by molar-refractivity contribution is -0.249. The minimum absolute atomic E-state index is 0.0647. The van der Waals surface area contributed by atoms with Gasteiger partial charge in [-0.25, -0.2) is 0 Å². The van der Waals surface area contributed by atoms with Crippen molar-refractivity contribution in [3.8, 4) is 0 Å². The van der Waals surface area contributed by atoms with E-state index < -0.39 is 34.3 Å². The number of halogens is 3. The van der Waals surface area contributed by atoms with Crippen molar-refractivity contribution < 1.29 is 31.5 Å². The summed E-state index contributed by atoms with van der Waals surface area (Å²) in [6.45, 7) is -0.435. The van der Waals surface area contributed by atoms with Gasteiger partial charge in [0.1, 0.15) is 4.90 Å². The van der Waals surface area contributed by atoms with E-state index in [2.05, 4.69) is 9.71 Å². The molecule has 11 heteroatoms. The van der Waals surface area contributed by atoms with E-state index in [9.17, 15) is 31.5 Å². The maximum atomic E-state index is 12.6. The zero-order chi connectivity index (χ0) is 21.4. The number of carbonyl (C=O) groups excluding carboxylic acids is 1. The molecule has 1 unspecified atom stereocenters. The topological polar surface area (TPSA) is 108 Å². The highest BCUT2D eigenvalue weighted by atomic mass is 32.2. The molecule has 0 spiro atoms. The van der Waals surface area contributed by atoms with Crippen LogP contribution in [0.3, 0.4) is 0 Å². The Hall–Kier alpha value is -2.92. The van der Waals surface area contributed by atoms with Crippen LogP contribution in [0.2, 0.25) is 0 Å². The molecule has 2 aromatic rings. The van der Waals surface area contributed by atoms with E-state index in [0.717, 1.165) is 0 Å². The third-order valence-electron chi connectivity index (χ3n) is 4.25. The molecule has 1 heterocycles. The van der Waals surface area contributed by atoms with E-state index >= 15 is 0 Å². The quantitative estimate of drug-likeness (QED) is 0.694. The summed E-state index contributed by atoms with van der Waals surface area (Å²) < 4.78 is 65.7. The first-order chi connectivity index (χ1) is 13.4. The van der Waals surface area contributed by atoms with Crippen molar-refractivity contribution >= 4 is 27.5 Å². The summed E-state index contributed by atoms with van der Waals surface area (Å²) in [5.74, 6) is -0.675. The maximum absolute atomic E-state index is 12.6. The van der Waals surface area contributed by atoms with Gasteiger partial charge in [-0.05, 0) is 43.3 Å². The fourth-order valence-corrected chi connectivity index (χ4v) is 3.67. The van der Waals surface area contributed by atoms with Crippen LogP contribution in [0, 0.1) is 0 Å². The molecule has 154 valence electrons. The summed E-state index contributed by atoms with van der Waals surface area (Å²) in [6, 6.07) is 11.9. The first kappa shape index (κ1) is 20.8. The van der Waals surface area contributed by atoms with Gasteiger partial charge in [0.25, 0.3) is 15.9 Å². The normalized spacial score (nSPS) is 17.1. The van der Waals surface area contributed by atoms with Crippen LogP contribution in [-0.2, 0) is 10.0 Å². The number of amides is 1. The van der Waals surface area contributed by atoms with Crippen LogP contribution in [0.1, 0.15) is 22.8 Å². The smallest absolute Gasteiger partial charge is 0.379 e. The molecule has 0 bridgehead atoms. The highest BCUT2D eigenvalue weighted by Gasteiger charge is 2.49. The summed E-state index contributed by atoms with van der Waals surface area (Å²) in [4.78, 5) is 12.1. The van der Waals surface area contributed by atoms with Crippen molar-refractivity contribution in [2.75, 3.05) is 11.9 Å². The number of aliphatic hydroxyl groups is 1. The lowest BCUT2D eigenvalue weighted by atomic mass is 10.1. The van der Waals surface area contributed by atoms with Gasteiger partial charge >= 0.3 is 6.18 Å². The molecule has 1 atom stereocenters. The third kappa shape index (κ3) is 4.25. The molecule has 2 aromatic carbocycles. The molecule has 0 aliphatic carbocycles. The van der Waals surface area contributed by atoms with E-state index in [1.54, 1.807) is 18.2 Å². The van der Waals surface area contributed by atoms with Gasteiger partial charge in [-0.3, -0.25) is 4.79 Å². The van der Waals surface area contributed by atoms with Crippen LogP contribution in [0.4, 0.5) is 18.9 Å². The molecule has 1 aliphatic rings. The van der Waals surface area contributed by atoms with Crippen molar-refractivity contribution in [3.63, 3.8) is 0 Å². The molecule has 0 saturated carbocycles. The number of anilines is 1. The first-order valence-electron chi connectivity index (χ1n) is 8.29. The van der Waals surface area contributed by atoms with Crippen LogP contribution >= 0.6 is 0 Å². The van der Waals surface area contributed by atoms with Crippen LogP contribution < -0.4 is 10.6 Å². The van der Waals surface area contributed by atoms with E-state index in [-0.39, 0.29) is 16.3 Å². The summed E-state index contributed by atoms with van der Waals surface area (Å²) in [5, 5.41) is 14.2. The van der Waals surface area contributed by atoms with Gasteiger partial charge in [-0.15, -0.1) is 4.40 Å². The van der Waals surface area contributed by atoms with Crippen LogP contribution in [0.5, 0.6) is 0 Å². The summed E-state index contributed by atoms with van der Waals surface area (Å²) >= 11 is 0. The van der Waals surface area contributed by atoms with Gasteiger partial charge in [-0.2, -0.15) is 21.6 Å².